The third-order valence-electron chi connectivity index (χ3n) is 4.74. The third-order valence-corrected chi connectivity index (χ3v) is 4.74. The summed E-state index contributed by atoms with van der Waals surface area (Å²) in [5.74, 6) is 2.91. The standard InChI is InChI=1S/C20H22O3/c1-13-12-19(15-4-8-17(22-3)9-5-15)20(13)16-6-10-18(11-7-16)23-14(2)21/h4-11,13,19-20H,12H2,1-3H3. The first-order valence-corrected chi connectivity index (χ1v) is 8.01. The van der Waals surface area contributed by atoms with Crippen LogP contribution in [0.4, 0.5) is 0 Å². The summed E-state index contributed by atoms with van der Waals surface area (Å²) in [6, 6.07) is 16.3. The Morgan fingerprint density at radius 3 is 2.04 bits per heavy atom. The largest absolute Gasteiger partial charge is 0.497 e. The molecule has 23 heavy (non-hydrogen) atoms. The van der Waals surface area contributed by atoms with Crippen LogP contribution in [-0.2, 0) is 4.79 Å². The molecule has 0 bridgehead atoms. The first-order chi connectivity index (χ1) is 11.1. The second-order valence-corrected chi connectivity index (χ2v) is 6.28. The third kappa shape index (κ3) is 3.24. The summed E-state index contributed by atoms with van der Waals surface area (Å²) in [4.78, 5) is 11.0. The molecule has 0 heterocycles. The number of rotatable bonds is 4. The molecule has 1 aliphatic rings. The van der Waals surface area contributed by atoms with Gasteiger partial charge >= 0.3 is 5.97 Å². The Morgan fingerprint density at radius 2 is 1.52 bits per heavy atom. The van der Waals surface area contributed by atoms with E-state index in [2.05, 4.69) is 31.2 Å². The maximum atomic E-state index is 11.0. The van der Waals surface area contributed by atoms with Crippen LogP contribution in [0.25, 0.3) is 0 Å². The molecule has 2 aromatic rings. The van der Waals surface area contributed by atoms with Gasteiger partial charge in [0.25, 0.3) is 0 Å². The van der Waals surface area contributed by atoms with Gasteiger partial charge in [0.05, 0.1) is 7.11 Å². The average molecular weight is 310 g/mol. The SMILES string of the molecule is COc1ccc(C2CC(C)C2c2ccc(OC(C)=O)cc2)cc1. The highest BCUT2D eigenvalue weighted by Gasteiger charge is 2.39. The van der Waals surface area contributed by atoms with Crippen LogP contribution in [0, 0.1) is 5.92 Å². The molecule has 0 saturated heterocycles. The fraction of sp³-hybridized carbons (Fsp3) is 0.350. The summed E-state index contributed by atoms with van der Waals surface area (Å²) in [6.07, 6.45) is 1.20. The molecule has 2 aromatic carbocycles. The van der Waals surface area contributed by atoms with Gasteiger partial charge in [-0.05, 0) is 59.6 Å². The molecular formula is C20H22O3. The van der Waals surface area contributed by atoms with E-state index < -0.39 is 0 Å². The van der Waals surface area contributed by atoms with Crippen molar-refractivity contribution in [3.05, 3.63) is 59.7 Å². The van der Waals surface area contributed by atoms with Crippen molar-refractivity contribution in [1.82, 2.24) is 0 Å². The molecule has 0 N–H and O–H groups in total. The van der Waals surface area contributed by atoms with Crippen LogP contribution < -0.4 is 9.47 Å². The Morgan fingerprint density at radius 1 is 0.957 bits per heavy atom. The minimum Gasteiger partial charge on any atom is -0.497 e. The molecule has 0 aromatic heterocycles. The van der Waals surface area contributed by atoms with Crippen LogP contribution in [0.2, 0.25) is 0 Å². The van der Waals surface area contributed by atoms with Crippen molar-refractivity contribution in [3.63, 3.8) is 0 Å². The molecule has 0 aliphatic heterocycles. The molecule has 0 radical (unpaired) electrons. The number of methoxy groups -OCH3 is 1. The smallest absolute Gasteiger partial charge is 0.308 e. The number of carbonyl (C=O) groups excluding carboxylic acids is 1. The van der Waals surface area contributed by atoms with Crippen molar-refractivity contribution in [2.75, 3.05) is 7.11 Å². The Balaban J connectivity index is 1.78. The van der Waals surface area contributed by atoms with Gasteiger partial charge in [-0.15, -0.1) is 0 Å². The van der Waals surface area contributed by atoms with Crippen LogP contribution in [0.3, 0.4) is 0 Å². The molecule has 1 aliphatic carbocycles. The van der Waals surface area contributed by atoms with Crippen molar-refractivity contribution < 1.29 is 14.3 Å². The monoisotopic (exact) mass is 310 g/mol. The van der Waals surface area contributed by atoms with E-state index in [0.29, 0.717) is 23.5 Å². The minimum absolute atomic E-state index is 0.286. The van der Waals surface area contributed by atoms with Crippen LogP contribution >= 0.6 is 0 Å². The topological polar surface area (TPSA) is 35.5 Å². The van der Waals surface area contributed by atoms with Crippen LogP contribution in [0.1, 0.15) is 43.2 Å². The summed E-state index contributed by atoms with van der Waals surface area (Å²) in [7, 11) is 1.69. The van der Waals surface area contributed by atoms with E-state index in [1.807, 2.05) is 24.3 Å². The lowest BCUT2D eigenvalue weighted by atomic mass is 9.60. The summed E-state index contributed by atoms with van der Waals surface area (Å²) in [6.45, 7) is 3.71. The second-order valence-electron chi connectivity index (χ2n) is 6.28. The fourth-order valence-electron chi connectivity index (χ4n) is 3.57. The Labute approximate surface area is 137 Å². The fourth-order valence-corrected chi connectivity index (χ4v) is 3.57. The lowest BCUT2D eigenvalue weighted by molar-refractivity contribution is -0.131. The summed E-state index contributed by atoms with van der Waals surface area (Å²) in [5, 5.41) is 0. The minimum atomic E-state index is -0.286. The van der Waals surface area contributed by atoms with Crippen molar-refractivity contribution in [2.24, 2.45) is 5.92 Å². The maximum absolute atomic E-state index is 11.0. The molecule has 1 saturated carbocycles. The first kappa shape index (κ1) is 15.6. The lowest BCUT2D eigenvalue weighted by Crippen LogP contribution is -2.30. The number of hydrogen-bond donors (Lipinski definition) is 0. The highest BCUT2D eigenvalue weighted by molar-refractivity contribution is 5.69. The van der Waals surface area contributed by atoms with E-state index in [1.165, 1.54) is 24.5 Å². The number of esters is 1. The lowest BCUT2D eigenvalue weighted by Gasteiger charge is -2.44. The Hall–Kier alpha value is -2.29. The zero-order chi connectivity index (χ0) is 16.4. The van der Waals surface area contributed by atoms with Gasteiger partial charge in [0.1, 0.15) is 11.5 Å². The average Bonchev–Trinajstić information content (AvgIpc) is 2.54. The maximum Gasteiger partial charge on any atom is 0.308 e. The molecular weight excluding hydrogens is 288 g/mol. The molecule has 1 fully saturated rings. The molecule has 3 atom stereocenters. The molecule has 3 nitrogen and oxygen atoms in total. The highest BCUT2D eigenvalue weighted by atomic mass is 16.5. The Kier molecular flexibility index (Phi) is 4.37. The van der Waals surface area contributed by atoms with E-state index in [0.717, 1.165) is 5.75 Å². The van der Waals surface area contributed by atoms with Gasteiger partial charge < -0.3 is 9.47 Å². The number of benzene rings is 2. The van der Waals surface area contributed by atoms with E-state index in [4.69, 9.17) is 9.47 Å². The van der Waals surface area contributed by atoms with Crippen molar-refractivity contribution in [3.8, 4) is 11.5 Å². The number of hydrogen-bond acceptors (Lipinski definition) is 3. The van der Waals surface area contributed by atoms with E-state index in [-0.39, 0.29) is 5.97 Å². The molecule has 3 heteroatoms. The normalized spacial score (nSPS) is 23.0. The van der Waals surface area contributed by atoms with Crippen molar-refractivity contribution in [1.29, 1.82) is 0 Å². The van der Waals surface area contributed by atoms with Gasteiger partial charge in [0, 0.05) is 6.92 Å². The van der Waals surface area contributed by atoms with Gasteiger partial charge in [0.15, 0.2) is 0 Å². The zero-order valence-corrected chi connectivity index (χ0v) is 13.8. The predicted molar refractivity (Wildman–Crippen MR) is 90.0 cm³/mol. The van der Waals surface area contributed by atoms with Gasteiger partial charge in [-0.2, -0.15) is 0 Å². The van der Waals surface area contributed by atoms with Crippen LogP contribution in [0.5, 0.6) is 11.5 Å². The summed E-state index contributed by atoms with van der Waals surface area (Å²) >= 11 is 0. The predicted octanol–water partition coefficient (Wildman–Crippen LogP) is 4.53. The van der Waals surface area contributed by atoms with Gasteiger partial charge in [-0.1, -0.05) is 31.2 Å². The zero-order valence-electron chi connectivity index (χ0n) is 13.8. The summed E-state index contributed by atoms with van der Waals surface area (Å²) in [5.41, 5.74) is 2.67. The molecule has 0 amide bonds. The number of ether oxygens (including phenoxy) is 2. The summed E-state index contributed by atoms with van der Waals surface area (Å²) < 4.78 is 10.3. The molecule has 3 unspecified atom stereocenters. The van der Waals surface area contributed by atoms with Crippen LogP contribution in [-0.4, -0.2) is 13.1 Å². The van der Waals surface area contributed by atoms with Gasteiger partial charge in [-0.25, -0.2) is 0 Å². The highest BCUT2D eigenvalue weighted by Crippen LogP contribution is 2.53. The van der Waals surface area contributed by atoms with Gasteiger partial charge in [-0.3, -0.25) is 4.79 Å². The van der Waals surface area contributed by atoms with Crippen molar-refractivity contribution >= 4 is 5.97 Å². The molecule has 0 spiro atoms. The Bertz CT molecular complexity index is 673. The van der Waals surface area contributed by atoms with Crippen molar-refractivity contribution in [2.45, 2.75) is 32.1 Å². The van der Waals surface area contributed by atoms with E-state index in [9.17, 15) is 4.79 Å². The molecule has 120 valence electrons. The number of carbonyl (C=O) groups is 1. The first-order valence-electron chi connectivity index (χ1n) is 8.01. The quantitative estimate of drug-likeness (QED) is 0.615. The second kappa shape index (κ2) is 6.45. The molecule has 3 rings (SSSR count). The van der Waals surface area contributed by atoms with Gasteiger partial charge in [0.2, 0.25) is 0 Å². The van der Waals surface area contributed by atoms with E-state index in [1.54, 1.807) is 7.11 Å². The van der Waals surface area contributed by atoms with Crippen LogP contribution in [0.15, 0.2) is 48.5 Å². The van der Waals surface area contributed by atoms with E-state index >= 15 is 0 Å².